The Morgan fingerprint density at radius 2 is 1.39 bits per heavy atom. The monoisotopic (exact) mass is 405 g/mol. The minimum absolute atomic E-state index is 0.166. The number of amides is 1. The maximum atomic E-state index is 12.7. The fourth-order valence-corrected chi connectivity index (χ4v) is 3.81. The summed E-state index contributed by atoms with van der Waals surface area (Å²) in [7, 11) is 0. The van der Waals surface area contributed by atoms with Crippen molar-refractivity contribution in [3.63, 3.8) is 0 Å². The van der Waals surface area contributed by atoms with E-state index in [4.69, 9.17) is 0 Å². The molecule has 0 saturated carbocycles. The Bertz CT molecular complexity index is 1480. The number of carbonyl (C=O) groups is 1. The lowest BCUT2D eigenvalue weighted by atomic mass is 10.0. The van der Waals surface area contributed by atoms with Crippen LogP contribution in [-0.2, 0) is 11.3 Å². The van der Waals surface area contributed by atoms with E-state index in [0.717, 1.165) is 27.1 Å². The Labute approximate surface area is 178 Å². The molecule has 1 aromatic heterocycles. The normalized spacial score (nSPS) is 11.0. The molecule has 0 unspecified atom stereocenters. The highest BCUT2D eigenvalue weighted by molar-refractivity contribution is 6.02. The van der Waals surface area contributed by atoms with Crippen LogP contribution in [-0.4, -0.2) is 15.7 Å². The van der Waals surface area contributed by atoms with Crippen LogP contribution < -0.4 is 10.9 Å². The van der Waals surface area contributed by atoms with Crippen molar-refractivity contribution in [3.8, 4) is 11.3 Å². The van der Waals surface area contributed by atoms with Crippen molar-refractivity contribution in [3.05, 3.63) is 107 Å². The van der Waals surface area contributed by atoms with Crippen LogP contribution in [0, 0.1) is 0 Å². The Morgan fingerprint density at radius 3 is 2.19 bits per heavy atom. The molecule has 150 valence electrons. The quantitative estimate of drug-likeness (QED) is 0.465. The number of benzene rings is 4. The van der Waals surface area contributed by atoms with E-state index in [0.29, 0.717) is 11.4 Å². The molecule has 0 spiro atoms. The molecule has 1 N–H and O–H groups in total. The van der Waals surface area contributed by atoms with Gasteiger partial charge in [-0.1, -0.05) is 78.9 Å². The lowest BCUT2D eigenvalue weighted by Gasteiger charge is -2.11. The highest BCUT2D eigenvalue weighted by atomic mass is 16.2. The summed E-state index contributed by atoms with van der Waals surface area (Å²) in [4.78, 5) is 25.1. The second kappa shape index (κ2) is 7.88. The van der Waals surface area contributed by atoms with Crippen molar-refractivity contribution in [2.45, 2.75) is 6.54 Å². The molecular formula is C26H19N3O2. The smallest absolute Gasteiger partial charge is 0.267 e. The van der Waals surface area contributed by atoms with Gasteiger partial charge in [0.1, 0.15) is 6.54 Å². The molecule has 31 heavy (non-hydrogen) atoms. The average molecular weight is 405 g/mol. The lowest BCUT2D eigenvalue weighted by molar-refractivity contribution is -0.117. The van der Waals surface area contributed by atoms with Crippen molar-refractivity contribution >= 4 is 33.1 Å². The standard InChI is InChI=1S/C26H19N3O2/c30-25(27-23-14-6-10-19-8-2-4-12-21(19)23)17-29-26(31)16-15-24(28-29)22-13-5-9-18-7-1-3-11-20(18)22/h1-16H,17H2,(H,27,30). The second-order valence-electron chi connectivity index (χ2n) is 7.32. The van der Waals surface area contributed by atoms with Gasteiger partial charge in [-0.3, -0.25) is 9.59 Å². The zero-order valence-corrected chi connectivity index (χ0v) is 16.7. The van der Waals surface area contributed by atoms with E-state index in [-0.39, 0.29) is 18.0 Å². The van der Waals surface area contributed by atoms with Crippen LogP contribution in [0.4, 0.5) is 5.69 Å². The SMILES string of the molecule is O=C(Cn1nc(-c2cccc3ccccc23)ccc1=O)Nc1cccc2ccccc12. The molecule has 0 aliphatic heterocycles. The van der Waals surface area contributed by atoms with Crippen molar-refractivity contribution in [2.75, 3.05) is 5.32 Å². The molecule has 5 heteroatoms. The number of rotatable bonds is 4. The van der Waals surface area contributed by atoms with Crippen LogP contribution in [0.3, 0.4) is 0 Å². The second-order valence-corrected chi connectivity index (χ2v) is 7.32. The third-order valence-electron chi connectivity index (χ3n) is 5.29. The minimum atomic E-state index is -0.322. The first-order valence-corrected chi connectivity index (χ1v) is 10.0. The van der Waals surface area contributed by atoms with Gasteiger partial charge in [-0.2, -0.15) is 5.10 Å². The van der Waals surface area contributed by atoms with Crippen molar-refractivity contribution in [2.24, 2.45) is 0 Å². The maximum absolute atomic E-state index is 12.7. The molecule has 5 nitrogen and oxygen atoms in total. The molecule has 0 fully saturated rings. The van der Waals surface area contributed by atoms with Gasteiger partial charge >= 0.3 is 0 Å². The fraction of sp³-hybridized carbons (Fsp3) is 0.0385. The van der Waals surface area contributed by atoms with Gasteiger partial charge in [-0.15, -0.1) is 0 Å². The predicted octanol–water partition coefficient (Wildman–Crippen LogP) is 4.86. The molecule has 5 rings (SSSR count). The number of carbonyl (C=O) groups excluding carboxylic acids is 1. The molecule has 0 saturated heterocycles. The van der Waals surface area contributed by atoms with E-state index in [1.165, 1.54) is 10.7 Å². The molecule has 0 bridgehead atoms. The minimum Gasteiger partial charge on any atom is -0.324 e. The summed E-state index contributed by atoms with van der Waals surface area (Å²) in [5, 5.41) is 11.5. The molecule has 4 aromatic carbocycles. The van der Waals surface area contributed by atoms with E-state index in [2.05, 4.69) is 10.4 Å². The third-order valence-corrected chi connectivity index (χ3v) is 5.29. The van der Waals surface area contributed by atoms with Gasteiger partial charge in [0.15, 0.2) is 0 Å². The van der Waals surface area contributed by atoms with Crippen LogP contribution >= 0.6 is 0 Å². The van der Waals surface area contributed by atoms with Crippen LogP contribution in [0.5, 0.6) is 0 Å². The van der Waals surface area contributed by atoms with E-state index in [1.807, 2.05) is 84.9 Å². The van der Waals surface area contributed by atoms with E-state index in [9.17, 15) is 9.59 Å². The molecular weight excluding hydrogens is 386 g/mol. The summed E-state index contributed by atoms with van der Waals surface area (Å²) in [6.07, 6.45) is 0. The topological polar surface area (TPSA) is 64.0 Å². The number of hydrogen-bond acceptors (Lipinski definition) is 3. The number of aromatic nitrogens is 2. The molecule has 0 aliphatic rings. The van der Waals surface area contributed by atoms with Gasteiger partial charge in [0, 0.05) is 22.7 Å². The van der Waals surface area contributed by atoms with Crippen LogP contribution in [0.15, 0.2) is 102 Å². The molecule has 5 aromatic rings. The van der Waals surface area contributed by atoms with Crippen LogP contribution in [0.25, 0.3) is 32.8 Å². The van der Waals surface area contributed by atoms with E-state index < -0.39 is 0 Å². The van der Waals surface area contributed by atoms with Gasteiger partial charge in [0.2, 0.25) is 5.91 Å². The Hall–Kier alpha value is -4.25. The van der Waals surface area contributed by atoms with Crippen LogP contribution in [0.2, 0.25) is 0 Å². The first-order chi connectivity index (χ1) is 15.2. The average Bonchev–Trinajstić information content (AvgIpc) is 2.80. The van der Waals surface area contributed by atoms with Gasteiger partial charge in [0.25, 0.3) is 5.56 Å². The first-order valence-electron chi connectivity index (χ1n) is 10.0. The fourth-order valence-electron chi connectivity index (χ4n) is 3.81. The maximum Gasteiger partial charge on any atom is 0.267 e. The van der Waals surface area contributed by atoms with Gasteiger partial charge in [-0.05, 0) is 28.3 Å². The highest BCUT2D eigenvalue weighted by Gasteiger charge is 2.11. The molecule has 1 heterocycles. The third kappa shape index (κ3) is 3.69. The molecule has 0 aliphatic carbocycles. The van der Waals surface area contributed by atoms with Crippen molar-refractivity contribution in [1.29, 1.82) is 0 Å². The number of fused-ring (bicyclic) bond motifs is 2. The number of nitrogens with zero attached hydrogens (tertiary/aromatic N) is 2. The highest BCUT2D eigenvalue weighted by Crippen LogP contribution is 2.26. The predicted molar refractivity (Wildman–Crippen MR) is 124 cm³/mol. The summed E-state index contributed by atoms with van der Waals surface area (Å²) in [5.41, 5.74) is 1.95. The van der Waals surface area contributed by atoms with Crippen LogP contribution in [0.1, 0.15) is 0 Å². The van der Waals surface area contributed by atoms with Crippen molar-refractivity contribution in [1.82, 2.24) is 9.78 Å². The summed E-state index contributed by atoms with van der Waals surface area (Å²) in [6, 6.07) is 30.7. The summed E-state index contributed by atoms with van der Waals surface area (Å²) < 4.78 is 1.21. The van der Waals surface area contributed by atoms with Gasteiger partial charge < -0.3 is 5.32 Å². The number of anilines is 1. The van der Waals surface area contributed by atoms with E-state index >= 15 is 0 Å². The van der Waals surface area contributed by atoms with E-state index in [1.54, 1.807) is 6.07 Å². The molecule has 0 radical (unpaired) electrons. The van der Waals surface area contributed by atoms with Crippen molar-refractivity contribution < 1.29 is 4.79 Å². The first kappa shape index (κ1) is 18.8. The summed E-state index contributed by atoms with van der Waals surface area (Å²) in [5.74, 6) is -0.305. The van der Waals surface area contributed by atoms with Gasteiger partial charge in [0.05, 0.1) is 5.69 Å². The number of hydrogen-bond donors (Lipinski definition) is 1. The Morgan fingerprint density at radius 1 is 0.742 bits per heavy atom. The summed E-state index contributed by atoms with van der Waals surface area (Å²) in [6.45, 7) is -0.166. The largest absolute Gasteiger partial charge is 0.324 e. The lowest BCUT2D eigenvalue weighted by Crippen LogP contribution is -2.29. The zero-order valence-electron chi connectivity index (χ0n) is 16.7. The Balaban J connectivity index is 1.46. The summed E-state index contributed by atoms with van der Waals surface area (Å²) >= 11 is 0. The number of nitrogens with one attached hydrogen (secondary N) is 1. The zero-order chi connectivity index (χ0) is 21.2. The Kier molecular flexibility index (Phi) is 4.77. The molecule has 0 atom stereocenters. The molecule has 1 amide bonds. The van der Waals surface area contributed by atoms with Gasteiger partial charge in [-0.25, -0.2) is 4.68 Å².